The van der Waals surface area contributed by atoms with Crippen molar-refractivity contribution in [1.82, 2.24) is 4.90 Å². The first-order chi connectivity index (χ1) is 10.2. The third-order valence-corrected chi connectivity index (χ3v) is 4.11. The van der Waals surface area contributed by atoms with Crippen LogP contribution in [-0.4, -0.2) is 11.0 Å². The van der Waals surface area contributed by atoms with Crippen LogP contribution in [0.15, 0.2) is 54.6 Å². The molecule has 1 amide bonds. The van der Waals surface area contributed by atoms with E-state index in [9.17, 15) is 4.79 Å². The normalized spacial score (nSPS) is 18.9. The summed E-state index contributed by atoms with van der Waals surface area (Å²) in [6.45, 7) is 4.15. The number of hydrogen-bond acceptors (Lipinski definition) is 2. The summed E-state index contributed by atoms with van der Waals surface area (Å²) in [7, 11) is 0. The number of ether oxygens (including phenoxy) is 1. The lowest BCUT2D eigenvalue weighted by Gasteiger charge is -2.39. The molecule has 0 saturated heterocycles. The van der Waals surface area contributed by atoms with Crippen LogP contribution in [0.5, 0.6) is 5.75 Å². The van der Waals surface area contributed by atoms with Gasteiger partial charge >= 0.3 is 6.09 Å². The summed E-state index contributed by atoms with van der Waals surface area (Å²) in [5, 5.41) is 0. The Labute approximate surface area is 125 Å². The molecule has 3 heteroatoms. The smallest absolute Gasteiger partial charge is 0.410 e. The average molecular weight is 281 g/mol. The minimum Gasteiger partial charge on any atom is -0.410 e. The number of carbonyl (C=O) groups excluding carboxylic acids is 1. The van der Waals surface area contributed by atoms with Crippen LogP contribution in [0, 0.1) is 0 Å². The Bertz CT molecular complexity index is 639. The Morgan fingerprint density at radius 2 is 1.76 bits per heavy atom. The van der Waals surface area contributed by atoms with E-state index in [1.165, 1.54) is 0 Å². The molecule has 0 fully saturated rings. The van der Waals surface area contributed by atoms with Crippen molar-refractivity contribution in [3.05, 3.63) is 65.7 Å². The van der Waals surface area contributed by atoms with Gasteiger partial charge in [-0.25, -0.2) is 4.79 Å². The average Bonchev–Trinajstić information content (AvgIpc) is 2.53. The molecule has 0 aliphatic carbocycles. The standard InChI is InChI=1S/C18H19NO2/c1-3-16-15-11-7-8-12-17(15)21-18(20)19(16)13(2)14-9-5-4-6-10-14/h4-13,16H,3H2,1-2H3/t13-,16?/m0/s1. The lowest BCUT2D eigenvalue weighted by molar-refractivity contribution is 0.0919. The molecule has 2 aromatic carbocycles. The minimum absolute atomic E-state index is 0.0167. The zero-order valence-corrected chi connectivity index (χ0v) is 12.3. The van der Waals surface area contributed by atoms with Gasteiger partial charge in [0.1, 0.15) is 5.75 Å². The minimum atomic E-state index is -0.267. The van der Waals surface area contributed by atoms with Crippen molar-refractivity contribution in [3.8, 4) is 5.75 Å². The molecule has 1 aliphatic heterocycles. The molecule has 1 unspecified atom stereocenters. The van der Waals surface area contributed by atoms with Gasteiger partial charge in [-0.2, -0.15) is 0 Å². The summed E-state index contributed by atoms with van der Waals surface area (Å²) >= 11 is 0. The van der Waals surface area contributed by atoms with Crippen molar-refractivity contribution in [1.29, 1.82) is 0 Å². The molecule has 3 nitrogen and oxygen atoms in total. The van der Waals surface area contributed by atoms with E-state index in [4.69, 9.17) is 4.74 Å². The fraction of sp³-hybridized carbons (Fsp3) is 0.278. The fourth-order valence-corrected chi connectivity index (χ4v) is 3.01. The van der Waals surface area contributed by atoms with Gasteiger partial charge in [0.25, 0.3) is 0 Å². The van der Waals surface area contributed by atoms with Crippen LogP contribution in [0.4, 0.5) is 4.79 Å². The largest absolute Gasteiger partial charge is 0.416 e. The number of benzene rings is 2. The van der Waals surface area contributed by atoms with E-state index in [1.54, 1.807) is 0 Å². The molecule has 1 aliphatic rings. The van der Waals surface area contributed by atoms with Gasteiger partial charge in [-0.1, -0.05) is 55.5 Å². The second-order valence-corrected chi connectivity index (χ2v) is 5.32. The van der Waals surface area contributed by atoms with Crippen molar-refractivity contribution < 1.29 is 9.53 Å². The Hall–Kier alpha value is -2.29. The van der Waals surface area contributed by atoms with Crippen molar-refractivity contribution in [3.63, 3.8) is 0 Å². The van der Waals surface area contributed by atoms with E-state index >= 15 is 0 Å². The molecular weight excluding hydrogens is 262 g/mol. The van der Waals surface area contributed by atoms with Crippen molar-refractivity contribution in [2.24, 2.45) is 0 Å². The SMILES string of the molecule is CCC1c2ccccc2OC(=O)N1[C@@H](C)c1ccccc1. The molecule has 21 heavy (non-hydrogen) atoms. The topological polar surface area (TPSA) is 29.5 Å². The van der Waals surface area contributed by atoms with E-state index in [2.05, 4.69) is 6.92 Å². The van der Waals surface area contributed by atoms with E-state index in [1.807, 2.05) is 66.4 Å². The predicted octanol–water partition coefficient (Wildman–Crippen LogP) is 4.71. The third-order valence-electron chi connectivity index (χ3n) is 4.11. The zero-order valence-electron chi connectivity index (χ0n) is 12.3. The first kappa shape index (κ1) is 13.7. The second-order valence-electron chi connectivity index (χ2n) is 5.32. The lowest BCUT2D eigenvalue weighted by atomic mass is 9.97. The third kappa shape index (κ3) is 2.40. The second kappa shape index (κ2) is 5.60. The molecule has 0 saturated carbocycles. The van der Waals surface area contributed by atoms with Gasteiger partial charge in [0, 0.05) is 5.56 Å². The van der Waals surface area contributed by atoms with Gasteiger partial charge in [-0.05, 0) is 25.0 Å². The van der Waals surface area contributed by atoms with Crippen molar-refractivity contribution in [2.45, 2.75) is 32.4 Å². The highest BCUT2D eigenvalue weighted by Crippen LogP contribution is 2.41. The van der Waals surface area contributed by atoms with E-state index in [0.717, 1.165) is 17.5 Å². The van der Waals surface area contributed by atoms with Gasteiger partial charge < -0.3 is 4.74 Å². The molecule has 0 aromatic heterocycles. The van der Waals surface area contributed by atoms with Crippen LogP contribution >= 0.6 is 0 Å². The maximum Gasteiger partial charge on any atom is 0.416 e. The summed E-state index contributed by atoms with van der Waals surface area (Å²) in [6.07, 6.45) is 0.598. The predicted molar refractivity (Wildman–Crippen MR) is 82.2 cm³/mol. The summed E-state index contributed by atoms with van der Waals surface area (Å²) < 4.78 is 5.51. The van der Waals surface area contributed by atoms with Gasteiger partial charge in [0.05, 0.1) is 12.1 Å². The van der Waals surface area contributed by atoms with Crippen LogP contribution in [-0.2, 0) is 0 Å². The van der Waals surface area contributed by atoms with Gasteiger partial charge in [-0.3, -0.25) is 4.90 Å². The van der Waals surface area contributed by atoms with Crippen LogP contribution in [0.2, 0.25) is 0 Å². The molecule has 0 bridgehead atoms. The van der Waals surface area contributed by atoms with Crippen molar-refractivity contribution in [2.75, 3.05) is 0 Å². The molecule has 2 atom stereocenters. The maximum atomic E-state index is 12.4. The molecular formula is C18H19NO2. The summed E-state index contributed by atoms with van der Waals surface area (Å²) in [4.78, 5) is 14.3. The van der Waals surface area contributed by atoms with Gasteiger partial charge in [-0.15, -0.1) is 0 Å². The van der Waals surface area contributed by atoms with E-state index < -0.39 is 0 Å². The molecule has 1 heterocycles. The Morgan fingerprint density at radius 3 is 2.48 bits per heavy atom. The molecule has 0 radical (unpaired) electrons. The number of para-hydroxylation sites is 1. The highest BCUT2D eigenvalue weighted by molar-refractivity contribution is 5.75. The summed E-state index contributed by atoms with van der Waals surface area (Å²) in [5.74, 6) is 0.686. The number of carbonyl (C=O) groups is 1. The zero-order chi connectivity index (χ0) is 14.8. The molecule has 0 spiro atoms. The van der Waals surface area contributed by atoms with Gasteiger partial charge in [0.2, 0.25) is 0 Å². The van der Waals surface area contributed by atoms with Crippen LogP contribution in [0.1, 0.15) is 43.5 Å². The van der Waals surface area contributed by atoms with Crippen LogP contribution in [0.25, 0.3) is 0 Å². The number of amides is 1. The number of fused-ring (bicyclic) bond motifs is 1. The van der Waals surface area contributed by atoms with Crippen molar-refractivity contribution >= 4 is 6.09 Å². The Kier molecular flexibility index (Phi) is 3.65. The van der Waals surface area contributed by atoms with Crippen LogP contribution in [0.3, 0.4) is 0 Å². The molecule has 0 N–H and O–H groups in total. The number of rotatable bonds is 3. The number of hydrogen-bond donors (Lipinski definition) is 0. The summed E-state index contributed by atoms with van der Waals surface area (Å²) in [6, 6.07) is 17.9. The molecule has 108 valence electrons. The lowest BCUT2D eigenvalue weighted by Crippen LogP contribution is -2.42. The summed E-state index contributed by atoms with van der Waals surface area (Å²) in [5.41, 5.74) is 2.20. The maximum absolute atomic E-state index is 12.4. The highest BCUT2D eigenvalue weighted by atomic mass is 16.6. The monoisotopic (exact) mass is 281 g/mol. The molecule has 2 aromatic rings. The molecule has 3 rings (SSSR count). The Morgan fingerprint density at radius 1 is 1.10 bits per heavy atom. The first-order valence-corrected chi connectivity index (χ1v) is 7.36. The van der Waals surface area contributed by atoms with Crippen LogP contribution < -0.4 is 4.74 Å². The fourth-order valence-electron chi connectivity index (χ4n) is 3.01. The quantitative estimate of drug-likeness (QED) is 0.815. The number of nitrogens with zero attached hydrogens (tertiary/aromatic N) is 1. The Balaban J connectivity index is 2.00. The van der Waals surface area contributed by atoms with E-state index in [-0.39, 0.29) is 18.2 Å². The highest BCUT2D eigenvalue weighted by Gasteiger charge is 2.36. The van der Waals surface area contributed by atoms with Gasteiger partial charge in [0.15, 0.2) is 0 Å². The first-order valence-electron chi connectivity index (χ1n) is 7.36. The van der Waals surface area contributed by atoms with E-state index in [0.29, 0.717) is 5.75 Å².